The Kier molecular flexibility index (Phi) is 6.45. The van der Waals surface area contributed by atoms with Crippen molar-refractivity contribution < 1.29 is 23.8 Å². The number of aliphatic hydroxyl groups excluding tert-OH is 1. The molecule has 32 heavy (non-hydrogen) atoms. The number of thiocarbonyl (C=S) groups is 1. The van der Waals surface area contributed by atoms with Crippen LogP contribution in [0.15, 0.2) is 36.8 Å². The number of cyclic esters (lactones) is 1. The van der Waals surface area contributed by atoms with Crippen molar-refractivity contribution in [1.29, 1.82) is 0 Å². The van der Waals surface area contributed by atoms with Crippen LogP contribution in [-0.4, -0.2) is 69.4 Å². The van der Waals surface area contributed by atoms with Gasteiger partial charge in [0.15, 0.2) is 0 Å². The van der Waals surface area contributed by atoms with E-state index >= 15 is 0 Å². The molecule has 2 aromatic rings. The molecule has 9 nitrogen and oxygen atoms in total. The molecular weight excluding hydrogens is 437 g/mol. The van der Waals surface area contributed by atoms with Crippen molar-refractivity contribution in [2.45, 2.75) is 24.9 Å². The topological polar surface area (TPSA) is 108 Å². The molecule has 0 bridgehead atoms. The largest absolute Gasteiger partial charge is 0.487 e. The fourth-order valence-corrected chi connectivity index (χ4v) is 4.10. The van der Waals surface area contributed by atoms with Gasteiger partial charge in [0.1, 0.15) is 17.6 Å². The summed E-state index contributed by atoms with van der Waals surface area (Å²) in [4.78, 5) is 35.7. The van der Waals surface area contributed by atoms with Crippen LogP contribution < -0.4 is 10.2 Å². The first kappa shape index (κ1) is 21.9. The van der Waals surface area contributed by atoms with Gasteiger partial charge in [-0.05, 0) is 48.7 Å². The Bertz CT molecular complexity index is 1020. The van der Waals surface area contributed by atoms with Crippen molar-refractivity contribution in [2.24, 2.45) is 0 Å². The summed E-state index contributed by atoms with van der Waals surface area (Å²) in [5.74, 6) is -0.596. The van der Waals surface area contributed by atoms with Crippen LogP contribution in [0.2, 0.25) is 0 Å². The second kappa shape index (κ2) is 9.43. The van der Waals surface area contributed by atoms with E-state index in [1.54, 1.807) is 17.0 Å². The minimum absolute atomic E-state index is 0.0250. The molecular formula is C21H22FN5O4S. The Labute approximate surface area is 189 Å². The summed E-state index contributed by atoms with van der Waals surface area (Å²) < 4.78 is 20.2. The number of amides is 2. The third-order valence-corrected chi connectivity index (χ3v) is 5.80. The number of rotatable bonds is 5. The van der Waals surface area contributed by atoms with Crippen LogP contribution in [-0.2, 0) is 4.74 Å². The maximum atomic E-state index is 14.9. The molecule has 2 aliphatic rings. The average Bonchev–Trinajstić information content (AvgIpc) is 3.18. The molecule has 11 heteroatoms. The van der Waals surface area contributed by atoms with E-state index in [2.05, 4.69) is 27.5 Å². The average molecular weight is 460 g/mol. The lowest BCUT2D eigenvalue weighted by Crippen LogP contribution is -2.38. The van der Waals surface area contributed by atoms with Crippen molar-refractivity contribution in [3.05, 3.63) is 53.9 Å². The Morgan fingerprint density at radius 2 is 2.09 bits per heavy atom. The summed E-state index contributed by atoms with van der Waals surface area (Å²) in [6.07, 6.45) is 4.60. The minimum atomic E-state index is -0.580. The lowest BCUT2D eigenvalue weighted by atomic mass is 9.88. The van der Waals surface area contributed by atoms with E-state index in [9.17, 15) is 14.0 Å². The normalized spacial score (nSPS) is 19.0. The Morgan fingerprint density at radius 3 is 2.75 bits per heavy atom. The van der Waals surface area contributed by atoms with Crippen molar-refractivity contribution >= 4 is 35.1 Å². The van der Waals surface area contributed by atoms with Gasteiger partial charge in [0, 0.05) is 25.5 Å². The molecule has 0 unspecified atom stereocenters. The smallest absolute Gasteiger partial charge is 0.414 e. The third kappa shape index (κ3) is 4.77. The number of hydrogen-bond donors (Lipinski definition) is 2. The highest BCUT2D eigenvalue weighted by atomic mass is 32.1. The van der Waals surface area contributed by atoms with Gasteiger partial charge in [0.25, 0.3) is 11.1 Å². The van der Waals surface area contributed by atoms with Crippen LogP contribution in [0.1, 0.15) is 34.8 Å². The molecule has 2 amide bonds. The fourth-order valence-electron chi connectivity index (χ4n) is 4.02. The number of benzene rings is 1. The third-order valence-electron chi connectivity index (χ3n) is 5.66. The highest BCUT2D eigenvalue weighted by Gasteiger charge is 2.33. The number of carbonyl (C=O) groups is 2. The first-order valence-corrected chi connectivity index (χ1v) is 10.6. The predicted octanol–water partition coefficient (Wildman–Crippen LogP) is 2.39. The van der Waals surface area contributed by atoms with Crippen molar-refractivity contribution in [3.63, 3.8) is 0 Å². The second-order valence-corrected chi connectivity index (χ2v) is 8.05. The van der Waals surface area contributed by atoms with Gasteiger partial charge in [0.05, 0.1) is 25.0 Å². The SMILES string of the molecule is O=C(c1cnccn1)N1CCC(c2ccc(N3C[C@H](CNC(O)=S)OC3=O)cc2F)CC1. The van der Waals surface area contributed by atoms with Crippen LogP contribution in [0.3, 0.4) is 0 Å². The zero-order valence-corrected chi connectivity index (χ0v) is 17.9. The molecule has 1 aromatic heterocycles. The van der Waals surface area contributed by atoms with Gasteiger partial charge in [0.2, 0.25) is 0 Å². The van der Waals surface area contributed by atoms with Crippen LogP contribution in [0.4, 0.5) is 14.9 Å². The molecule has 1 atom stereocenters. The summed E-state index contributed by atoms with van der Waals surface area (Å²) in [7, 11) is 0. The van der Waals surface area contributed by atoms with E-state index in [0.717, 1.165) is 0 Å². The number of hydrogen-bond acceptors (Lipinski definition) is 6. The van der Waals surface area contributed by atoms with Crippen molar-refractivity contribution in [2.75, 3.05) is 31.1 Å². The van der Waals surface area contributed by atoms with Gasteiger partial charge in [-0.25, -0.2) is 14.2 Å². The molecule has 3 heterocycles. The minimum Gasteiger partial charge on any atom is -0.487 e. The van der Waals surface area contributed by atoms with E-state index < -0.39 is 18.0 Å². The number of nitrogens with one attached hydrogen (secondary N) is 1. The molecule has 0 saturated carbocycles. The summed E-state index contributed by atoms with van der Waals surface area (Å²) >= 11 is 4.54. The number of aliphatic hydroxyl groups is 1. The van der Waals surface area contributed by atoms with E-state index in [1.165, 1.54) is 29.6 Å². The standard InChI is InChI=1S/C21H22FN5O4S/c22-17-9-14(27-12-15(31-21(27)30)10-25-20(29)32)1-2-16(17)13-3-7-26(8-4-13)19(28)18-11-23-5-6-24-18/h1-2,5-6,9,11,13,15H,3-4,7-8,10,12H2,(H2,25,29,32)/t15-/m0/s1. The molecule has 168 valence electrons. The highest BCUT2D eigenvalue weighted by Crippen LogP contribution is 2.33. The molecule has 2 aliphatic heterocycles. The Hall–Kier alpha value is -3.34. The molecule has 0 radical (unpaired) electrons. The maximum Gasteiger partial charge on any atom is 0.414 e. The van der Waals surface area contributed by atoms with Gasteiger partial charge < -0.3 is 20.1 Å². The second-order valence-electron chi connectivity index (χ2n) is 7.67. The van der Waals surface area contributed by atoms with Gasteiger partial charge in [-0.15, -0.1) is 0 Å². The highest BCUT2D eigenvalue weighted by molar-refractivity contribution is 7.79. The zero-order chi connectivity index (χ0) is 22.7. The summed E-state index contributed by atoms with van der Waals surface area (Å²) in [5, 5.41) is 11.2. The monoisotopic (exact) mass is 459 g/mol. The van der Waals surface area contributed by atoms with Crippen molar-refractivity contribution in [1.82, 2.24) is 20.2 Å². The molecule has 4 rings (SSSR count). The predicted molar refractivity (Wildman–Crippen MR) is 117 cm³/mol. The number of carbonyl (C=O) groups excluding carboxylic acids is 2. The van der Waals surface area contributed by atoms with Crippen LogP contribution >= 0.6 is 12.2 Å². The van der Waals surface area contributed by atoms with Crippen molar-refractivity contribution in [3.8, 4) is 0 Å². The van der Waals surface area contributed by atoms with E-state index in [4.69, 9.17) is 9.84 Å². The number of nitrogens with zero attached hydrogens (tertiary/aromatic N) is 4. The lowest BCUT2D eigenvalue weighted by molar-refractivity contribution is 0.0706. The van der Waals surface area contributed by atoms with Crippen LogP contribution in [0.5, 0.6) is 0 Å². The zero-order valence-electron chi connectivity index (χ0n) is 17.1. The van der Waals surface area contributed by atoms with E-state index in [-0.39, 0.29) is 30.1 Å². The number of halogens is 1. The summed E-state index contributed by atoms with van der Waals surface area (Å²) in [6.45, 7) is 1.39. The molecule has 0 aliphatic carbocycles. The first-order valence-electron chi connectivity index (χ1n) is 10.2. The van der Waals surface area contributed by atoms with E-state index in [1.807, 2.05) is 0 Å². The first-order chi connectivity index (χ1) is 15.4. The summed E-state index contributed by atoms with van der Waals surface area (Å²) in [5.41, 5.74) is 1.27. The molecule has 1 aromatic carbocycles. The number of anilines is 1. The van der Waals surface area contributed by atoms with Gasteiger partial charge in [-0.3, -0.25) is 14.7 Å². The van der Waals surface area contributed by atoms with Gasteiger partial charge in [-0.1, -0.05) is 6.07 Å². The van der Waals surface area contributed by atoms with Gasteiger partial charge in [-0.2, -0.15) is 0 Å². The molecule has 2 fully saturated rings. The quantitative estimate of drug-likeness (QED) is 0.657. The van der Waals surface area contributed by atoms with Crippen LogP contribution in [0, 0.1) is 5.82 Å². The Balaban J connectivity index is 1.37. The lowest BCUT2D eigenvalue weighted by Gasteiger charge is -2.32. The molecule has 0 spiro atoms. The molecule has 2 N–H and O–H groups in total. The fraction of sp³-hybridized carbons (Fsp3) is 0.381. The summed E-state index contributed by atoms with van der Waals surface area (Å²) in [6, 6.07) is 4.72. The van der Waals surface area contributed by atoms with Crippen LogP contribution in [0.25, 0.3) is 0 Å². The number of aromatic nitrogens is 2. The number of ether oxygens (including phenoxy) is 1. The number of piperidine rings is 1. The van der Waals surface area contributed by atoms with Gasteiger partial charge >= 0.3 is 6.09 Å². The molecule has 2 saturated heterocycles. The van der Waals surface area contributed by atoms with E-state index in [0.29, 0.717) is 42.9 Å². The number of likely N-dealkylation sites (tertiary alicyclic amines) is 1. The maximum absolute atomic E-state index is 14.9. The Morgan fingerprint density at radius 1 is 1.31 bits per heavy atom.